The van der Waals surface area contributed by atoms with Crippen molar-refractivity contribution in [2.24, 2.45) is 5.73 Å². The van der Waals surface area contributed by atoms with Crippen molar-refractivity contribution in [3.63, 3.8) is 0 Å². The number of aryl methyl sites for hydroxylation is 1. The minimum Gasteiger partial charge on any atom is -0.359 e. The molecule has 1 heterocycles. The highest BCUT2D eigenvalue weighted by Gasteiger charge is 2.25. The van der Waals surface area contributed by atoms with Gasteiger partial charge in [-0.3, -0.25) is 4.79 Å². The Morgan fingerprint density at radius 1 is 1.37 bits per heavy atom. The number of aromatic amines is 1. The number of hydrogen-bond acceptors (Lipinski definition) is 4. The quantitative estimate of drug-likeness (QED) is 0.773. The van der Waals surface area contributed by atoms with Crippen LogP contribution in [-0.2, 0) is 5.54 Å². The molecule has 0 aliphatic rings. The third-order valence-corrected chi connectivity index (χ3v) is 3.08. The van der Waals surface area contributed by atoms with Gasteiger partial charge in [0.2, 0.25) is 0 Å². The Bertz CT molecular complexity index is 608. The molecule has 0 bridgehead atoms. The molecule has 19 heavy (non-hydrogen) atoms. The van der Waals surface area contributed by atoms with Crippen molar-refractivity contribution in [3.05, 3.63) is 58.1 Å². The SMILES string of the molecule is Cc1nc(NC(C)(CN)c2ccccc2)cc(=O)[nH]1. The van der Waals surface area contributed by atoms with Gasteiger partial charge in [-0.25, -0.2) is 4.98 Å². The molecule has 1 aromatic carbocycles. The standard InChI is InChI=1S/C14H18N4O/c1-10-16-12(8-13(19)17-10)18-14(2,9-15)11-6-4-3-5-7-11/h3-8H,9,15H2,1-2H3,(H2,16,17,18,19). The van der Waals surface area contributed by atoms with Gasteiger partial charge in [0.05, 0.1) is 5.54 Å². The van der Waals surface area contributed by atoms with Crippen LogP contribution in [0.5, 0.6) is 0 Å². The van der Waals surface area contributed by atoms with E-state index in [4.69, 9.17) is 5.73 Å². The summed E-state index contributed by atoms with van der Waals surface area (Å²) in [6.45, 7) is 4.12. The number of nitrogens with zero attached hydrogens (tertiary/aromatic N) is 1. The molecule has 0 amide bonds. The number of rotatable bonds is 4. The Balaban J connectivity index is 2.35. The van der Waals surface area contributed by atoms with E-state index in [2.05, 4.69) is 15.3 Å². The van der Waals surface area contributed by atoms with Crippen molar-refractivity contribution < 1.29 is 0 Å². The Hall–Kier alpha value is -2.14. The molecule has 0 saturated carbocycles. The maximum atomic E-state index is 11.5. The summed E-state index contributed by atoms with van der Waals surface area (Å²) in [6, 6.07) is 11.3. The monoisotopic (exact) mass is 258 g/mol. The molecule has 1 unspecified atom stereocenters. The van der Waals surface area contributed by atoms with Crippen LogP contribution in [-0.4, -0.2) is 16.5 Å². The molecule has 0 fully saturated rings. The second-order valence-corrected chi connectivity index (χ2v) is 4.74. The van der Waals surface area contributed by atoms with Crippen molar-refractivity contribution in [2.75, 3.05) is 11.9 Å². The molecule has 5 heteroatoms. The summed E-state index contributed by atoms with van der Waals surface area (Å²) < 4.78 is 0. The first-order chi connectivity index (χ1) is 9.03. The summed E-state index contributed by atoms with van der Waals surface area (Å²) in [5.74, 6) is 1.10. The highest BCUT2D eigenvalue weighted by Crippen LogP contribution is 2.23. The highest BCUT2D eigenvalue weighted by atomic mass is 16.1. The topological polar surface area (TPSA) is 83.8 Å². The van der Waals surface area contributed by atoms with Crippen LogP contribution in [0, 0.1) is 6.92 Å². The Labute approximate surface area is 111 Å². The molecule has 2 rings (SSSR count). The molecule has 1 aromatic heterocycles. The summed E-state index contributed by atoms with van der Waals surface area (Å²) >= 11 is 0. The largest absolute Gasteiger partial charge is 0.359 e. The molecule has 5 nitrogen and oxygen atoms in total. The molecule has 2 aromatic rings. The molecule has 1 atom stereocenters. The van der Waals surface area contributed by atoms with Crippen LogP contribution >= 0.6 is 0 Å². The number of aromatic nitrogens is 2. The first-order valence-corrected chi connectivity index (χ1v) is 6.15. The lowest BCUT2D eigenvalue weighted by Gasteiger charge is -2.30. The van der Waals surface area contributed by atoms with Gasteiger partial charge in [-0.15, -0.1) is 0 Å². The summed E-state index contributed by atoms with van der Waals surface area (Å²) in [4.78, 5) is 18.3. The molecular formula is C14H18N4O. The van der Waals surface area contributed by atoms with Crippen LogP contribution in [0.4, 0.5) is 5.82 Å². The number of H-pyrrole nitrogens is 1. The molecule has 0 aliphatic carbocycles. The Morgan fingerprint density at radius 2 is 2.05 bits per heavy atom. The highest BCUT2D eigenvalue weighted by molar-refractivity contribution is 5.41. The zero-order valence-electron chi connectivity index (χ0n) is 11.1. The maximum Gasteiger partial charge on any atom is 0.252 e. The van der Waals surface area contributed by atoms with Crippen LogP contribution in [0.2, 0.25) is 0 Å². The first-order valence-electron chi connectivity index (χ1n) is 6.15. The van der Waals surface area contributed by atoms with Crippen LogP contribution < -0.4 is 16.6 Å². The second-order valence-electron chi connectivity index (χ2n) is 4.74. The Kier molecular flexibility index (Phi) is 3.66. The fraction of sp³-hybridized carbons (Fsp3) is 0.286. The average molecular weight is 258 g/mol. The lowest BCUT2D eigenvalue weighted by molar-refractivity contribution is 0.553. The van der Waals surface area contributed by atoms with Crippen molar-refractivity contribution in [1.82, 2.24) is 9.97 Å². The molecule has 0 spiro atoms. The zero-order valence-corrected chi connectivity index (χ0v) is 11.1. The third-order valence-electron chi connectivity index (χ3n) is 3.08. The van der Waals surface area contributed by atoms with Gasteiger partial charge < -0.3 is 16.0 Å². The van der Waals surface area contributed by atoms with Gasteiger partial charge in [0, 0.05) is 12.6 Å². The van der Waals surface area contributed by atoms with Crippen molar-refractivity contribution in [3.8, 4) is 0 Å². The van der Waals surface area contributed by atoms with E-state index in [-0.39, 0.29) is 5.56 Å². The van der Waals surface area contributed by atoms with Gasteiger partial charge >= 0.3 is 0 Å². The predicted octanol–water partition coefficient (Wildman–Crippen LogP) is 1.36. The summed E-state index contributed by atoms with van der Waals surface area (Å²) in [6.07, 6.45) is 0. The number of hydrogen-bond donors (Lipinski definition) is 3. The molecule has 4 N–H and O–H groups in total. The van der Waals surface area contributed by atoms with Crippen LogP contribution in [0.25, 0.3) is 0 Å². The van der Waals surface area contributed by atoms with Crippen molar-refractivity contribution in [2.45, 2.75) is 19.4 Å². The molecule has 100 valence electrons. The zero-order chi connectivity index (χ0) is 13.9. The summed E-state index contributed by atoms with van der Waals surface area (Å²) in [5.41, 5.74) is 6.30. The third kappa shape index (κ3) is 3.00. The minimum absolute atomic E-state index is 0.178. The van der Waals surface area contributed by atoms with Gasteiger partial charge in [0.25, 0.3) is 5.56 Å². The van der Waals surface area contributed by atoms with Crippen LogP contribution in [0.1, 0.15) is 18.3 Å². The van der Waals surface area contributed by atoms with E-state index in [9.17, 15) is 4.79 Å². The minimum atomic E-state index is -0.464. The van der Waals surface area contributed by atoms with E-state index in [0.29, 0.717) is 18.2 Å². The summed E-state index contributed by atoms with van der Waals surface area (Å²) in [5, 5.41) is 3.25. The lowest BCUT2D eigenvalue weighted by atomic mass is 9.92. The number of nitrogens with one attached hydrogen (secondary N) is 2. The first kappa shape index (κ1) is 13.3. The lowest BCUT2D eigenvalue weighted by Crippen LogP contribution is -2.40. The summed E-state index contributed by atoms with van der Waals surface area (Å²) in [7, 11) is 0. The van der Waals surface area contributed by atoms with Crippen LogP contribution in [0.15, 0.2) is 41.2 Å². The van der Waals surface area contributed by atoms with E-state index in [1.165, 1.54) is 6.07 Å². The van der Waals surface area contributed by atoms with E-state index >= 15 is 0 Å². The molecular weight excluding hydrogens is 240 g/mol. The van der Waals surface area contributed by atoms with Gasteiger partial charge in [-0.05, 0) is 19.4 Å². The van der Waals surface area contributed by atoms with Crippen molar-refractivity contribution in [1.29, 1.82) is 0 Å². The predicted molar refractivity (Wildman–Crippen MR) is 76.1 cm³/mol. The normalized spacial score (nSPS) is 13.8. The fourth-order valence-electron chi connectivity index (χ4n) is 1.97. The number of nitrogens with two attached hydrogens (primary N) is 1. The number of benzene rings is 1. The average Bonchev–Trinajstić information content (AvgIpc) is 2.38. The van der Waals surface area contributed by atoms with Gasteiger partial charge in [-0.1, -0.05) is 30.3 Å². The van der Waals surface area contributed by atoms with Crippen molar-refractivity contribution >= 4 is 5.82 Å². The second kappa shape index (κ2) is 5.24. The van der Waals surface area contributed by atoms with Crippen LogP contribution in [0.3, 0.4) is 0 Å². The van der Waals surface area contributed by atoms with Gasteiger partial charge in [0.15, 0.2) is 0 Å². The van der Waals surface area contributed by atoms with E-state index in [1.807, 2.05) is 37.3 Å². The van der Waals surface area contributed by atoms with E-state index in [0.717, 1.165) is 5.56 Å². The molecule has 0 radical (unpaired) electrons. The molecule has 0 saturated heterocycles. The Morgan fingerprint density at radius 3 is 2.63 bits per heavy atom. The fourth-order valence-corrected chi connectivity index (χ4v) is 1.97. The van der Waals surface area contributed by atoms with Gasteiger partial charge in [-0.2, -0.15) is 0 Å². The smallest absolute Gasteiger partial charge is 0.252 e. The number of anilines is 1. The maximum absolute atomic E-state index is 11.5. The van der Waals surface area contributed by atoms with E-state index in [1.54, 1.807) is 6.92 Å². The van der Waals surface area contributed by atoms with Gasteiger partial charge in [0.1, 0.15) is 11.6 Å². The van der Waals surface area contributed by atoms with E-state index < -0.39 is 5.54 Å². The molecule has 0 aliphatic heterocycles.